The van der Waals surface area contributed by atoms with Gasteiger partial charge in [0.2, 0.25) is 0 Å². The van der Waals surface area contributed by atoms with E-state index in [0.29, 0.717) is 23.9 Å². The van der Waals surface area contributed by atoms with Gasteiger partial charge in [-0.25, -0.2) is 0 Å². The van der Waals surface area contributed by atoms with Gasteiger partial charge in [0, 0.05) is 12.8 Å². The molecular formula is C58H94NO8P. The van der Waals surface area contributed by atoms with E-state index in [1.54, 1.807) is 0 Å². The highest BCUT2D eigenvalue weighted by Gasteiger charge is 2.21. The third-order valence-electron chi connectivity index (χ3n) is 10.2. The zero-order valence-corrected chi connectivity index (χ0v) is 44.1. The van der Waals surface area contributed by atoms with E-state index in [4.69, 9.17) is 18.5 Å². The minimum absolute atomic E-state index is 0.0478. The molecular weight excluding hydrogens is 870 g/mol. The fourth-order valence-corrected chi connectivity index (χ4v) is 6.94. The summed E-state index contributed by atoms with van der Waals surface area (Å²) in [6, 6.07) is 0. The Morgan fingerprint density at radius 2 is 0.794 bits per heavy atom. The Balaban J connectivity index is 4.36. The van der Waals surface area contributed by atoms with Crippen LogP contribution in [0.4, 0.5) is 0 Å². The van der Waals surface area contributed by atoms with Gasteiger partial charge >= 0.3 is 11.9 Å². The Kier molecular flexibility index (Phi) is 45.5. The minimum atomic E-state index is -4.65. The molecule has 0 aliphatic heterocycles. The van der Waals surface area contributed by atoms with Crippen molar-refractivity contribution in [2.24, 2.45) is 0 Å². The molecule has 0 saturated heterocycles. The molecule has 0 rings (SSSR count). The zero-order chi connectivity index (χ0) is 49.9. The van der Waals surface area contributed by atoms with Gasteiger partial charge in [0.15, 0.2) is 6.10 Å². The number of likely N-dealkylation sites (N-methyl/N-ethyl adjacent to an activating group) is 1. The number of hydrogen-bond acceptors (Lipinski definition) is 8. The number of allylic oxidation sites excluding steroid dienone is 22. The van der Waals surface area contributed by atoms with Gasteiger partial charge < -0.3 is 27.9 Å². The van der Waals surface area contributed by atoms with Gasteiger partial charge in [0.05, 0.1) is 27.7 Å². The van der Waals surface area contributed by atoms with Gasteiger partial charge in [-0.2, -0.15) is 0 Å². The summed E-state index contributed by atoms with van der Waals surface area (Å²) >= 11 is 0. The van der Waals surface area contributed by atoms with E-state index in [9.17, 15) is 19.0 Å². The lowest BCUT2D eigenvalue weighted by Crippen LogP contribution is -2.37. The topological polar surface area (TPSA) is 111 Å². The molecule has 2 unspecified atom stereocenters. The van der Waals surface area contributed by atoms with E-state index >= 15 is 0 Å². The molecule has 68 heavy (non-hydrogen) atoms. The zero-order valence-electron chi connectivity index (χ0n) is 43.2. The van der Waals surface area contributed by atoms with Crippen molar-refractivity contribution in [3.8, 4) is 0 Å². The number of ether oxygens (including phenoxy) is 2. The largest absolute Gasteiger partial charge is 0.756 e. The summed E-state index contributed by atoms with van der Waals surface area (Å²) in [6.07, 6.45) is 69.1. The highest BCUT2D eigenvalue weighted by atomic mass is 31.2. The summed E-state index contributed by atoms with van der Waals surface area (Å²) in [7, 11) is 1.11. The normalized spacial score (nSPS) is 14.5. The molecule has 2 atom stereocenters. The average Bonchev–Trinajstić information content (AvgIpc) is 3.30. The molecule has 0 aliphatic rings. The van der Waals surface area contributed by atoms with Crippen molar-refractivity contribution in [1.82, 2.24) is 0 Å². The predicted molar refractivity (Wildman–Crippen MR) is 286 cm³/mol. The highest BCUT2D eigenvalue weighted by molar-refractivity contribution is 7.45. The molecule has 0 aromatic carbocycles. The average molecular weight is 964 g/mol. The molecule has 10 heteroatoms. The van der Waals surface area contributed by atoms with Crippen LogP contribution >= 0.6 is 7.82 Å². The highest BCUT2D eigenvalue weighted by Crippen LogP contribution is 2.38. The Hall–Kier alpha value is -3.85. The number of carbonyl (C=O) groups is 2. The molecule has 9 nitrogen and oxygen atoms in total. The summed E-state index contributed by atoms with van der Waals surface area (Å²) in [5, 5.41) is 0. The molecule has 0 bridgehead atoms. The van der Waals surface area contributed by atoms with Crippen LogP contribution in [-0.2, 0) is 32.7 Å². The first-order chi connectivity index (χ1) is 33.0. The molecule has 0 aromatic heterocycles. The van der Waals surface area contributed by atoms with Gasteiger partial charge in [-0.15, -0.1) is 0 Å². The molecule has 0 saturated carbocycles. The lowest BCUT2D eigenvalue weighted by molar-refractivity contribution is -0.870. The van der Waals surface area contributed by atoms with Crippen LogP contribution in [0.2, 0.25) is 0 Å². The molecule has 0 fully saturated rings. The van der Waals surface area contributed by atoms with E-state index in [2.05, 4.69) is 148 Å². The molecule has 0 amide bonds. The Morgan fingerprint density at radius 1 is 0.456 bits per heavy atom. The number of nitrogens with zero attached hydrogens (tertiary/aromatic N) is 1. The number of hydrogen-bond donors (Lipinski definition) is 0. The van der Waals surface area contributed by atoms with E-state index in [-0.39, 0.29) is 26.1 Å². The Labute approximate surface area is 415 Å². The maximum absolute atomic E-state index is 12.8. The molecule has 0 aromatic rings. The lowest BCUT2D eigenvalue weighted by atomic mass is 10.1. The first kappa shape index (κ1) is 64.2. The SMILES string of the molecule is CC/C=C\C/C=C\C/C=C\C/C=C\C/C=C\C/C=C\C/C=C\CCCCCCCC(=O)OC(COC(=O)CCCCCC/C=C\C/C=C\C/C=C\C/C=C\CC)COP(=O)([O-])OCC[N+](C)(C)C. The summed E-state index contributed by atoms with van der Waals surface area (Å²) in [6.45, 7) is 3.92. The summed E-state index contributed by atoms with van der Waals surface area (Å²) in [5.74, 6) is -0.898. The van der Waals surface area contributed by atoms with E-state index in [1.807, 2.05) is 21.1 Å². The quantitative estimate of drug-likeness (QED) is 0.0195. The third-order valence-corrected chi connectivity index (χ3v) is 11.1. The number of phosphoric acid groups is 1. The molecule has 0 spiro atoms. The van der Waals surface area contributed by atoms with Crippen LogP contribution in [0.3, 0.4) is 0 Å². The molecule has 0 aliphatic carbocycles. The molecule has 0 heterocycles. The van der Waals surface area contributed by atoms with Crippen molar-refractivity contribution in [3.05, 3.63) is 134 Å². The number of carbonyl (C=O) groups excluding carboxylic acids is 2. The van der Waals surface area contributed by atoms with Crippen LogP contribution in [0, 0.1) is 0 Å². The van der Waals surface area contributed by atoms with Crippen molar-refractivity contribution in [2.75, 3.05) is 47.5 Å². The van der Waals surface area contributed by atoms with Crippen LogP contribution in [0.15, 0.2) is 134 Å². The number of unbranched alkanes of at least 4 members (excludes halogenated alkanes) is 9. The number of esters is 2. The standard InChI is InChI=1S/C58H94NO8P/c1-6-8-10-12-14-16-18-20-22-24-25-26-27-28-29-30-31-32-33-35-37-39-41-43-45-47-49-51-58(61)67-56(55-66-68(62,63)65-53-52-59(3,4)5)54-64-57(60)50-48-46-44-42-40-38-36-34-23-21-19-17-15-13-11-9-7-2/h8-11,14-17,20-23,25-26,28-29,31-32,35-38,56H,6-7,12-13,18-19,24,27,30,33-34,39-55H2,1-5H3/b10-8-,11-9-,16-14-,17-15-,22-20-,23-21-,26-25-,29-28-,32-31-,37-35-,38-36-. The van der Waals surface area contributed by atoms with Gasteiger partial charge in [-0.05, 0) is 109 Å². The monoisotopic (exact) mass is 964 g/mol. The van der Waals surface area contributed by atoms with Gasteiger partial charge in [0.25, 0.3) is 7.82 Å². The number of quaternary nitrogens is 1. The van der Waals surface area contributed by atoms with Crippen LogP contribution in [0.1, 0.15) is 168 Å². The van der Waals surface area contributed by atoms with Gasteiger partial charge in [-0.3, -0.25) is 14.2 Å². The summed E-state index contributed by atoms with van der Waals surface area (Å²) in [5.41, 5.74) is 0. The first-order valence-corrected chi connectivity index (χ1v) is 27.4. The second-order valence-electron chi connectivity index (χ2n) is 17.8. The van der Waals surface area contributed by atoms with E-state index in [0.717, 1.165) is 128 Å². The fourth-order valence-electron chi connectivity index (χ4n) is 6.21. The summed E-state index contributed by atoms with van der Waals surface area (Å²) < 4.78 is 34.0. The number of phosphoric ester groups is 1. The van der Waals surface area contributed by atoms with E-state index < -0.39 is 32.5 Å². The maximum Gasteiger partial charge on any atom is 0.306 e. The van der Waals surface area contributed by atoms with Crippen LogP contribution in [0.25, 0.3) is 0 Å². The van der Waals surface area contributed by atoms with Crippen molar-refractivity contribution in [3.63, 3.8) is 0 Å². The molecule has 0 radical (unpaired) electrons. The summed E-state index contributed by atoms with van der Waals surface area (Å²) in [4.78, 5) is 37.7. The predicted octanol–water partition coefficient (Wildman–Crippen LogP) is 15.2. The minimum Gasteiger partial charge on any atom is -0.756 e. The third kappa shape index (κ3) is 51.5. The molecule has 384 valence electrons. The Bertz CT molecular complexity index is 1610. The number of rotatable bonds is 45. The smallest absolute Gasteiger partial charge is 0.306 e. The Morgan fingerprint density at radius 3 is 1.18 bits per heavy atom. The van der Waals surface area contributed by atoms with Crippen molar-refractivity contribution in [2.45, 2.75) is 174 Å². The second-order valence-corrected chi connectivity index (χ2v) is 19.2. The van der Waals surface area contributed by atoms with E-state index in [1.165, 1.54) is 0 Å². The lowest BCUT2D eigenvalue weighted by Gasteiger charge is -2.28. The maximum atomic E-state index is 12.8. The van der Waals surface area contributed by atoms with Crippen molar-refractivity contribution >= 4 is 19.8 Å². The van der Waals surface area contributed by atoms with Gasteiger partial charge in [0.1, 0.15) is 19.8 Å². The van der Waals surface area contributed by atoms with Crippen molar-refractivity contribution < 1.29 is 42.1 Å². The fraction of sp³-hybridized carbons (Fsp3) is 0.586. The van der Waals surface area contributed by atoms with Crippen molar-refractivity contribution in [1.29, 1.82) is 0 Å². The van der Waals surface area contributed by atoms with Crippen LogP contribution in [0.5, 0.6) is 0 Å². The molecule has 0 N–H and O–H groups in total. The van der Waals surface area contributed by atoms with Crippen LogP contribution < -0.4 is 4.89 Å². The van der Waals surface area contributed by atoms with Gasteiger partial charge in [-0.1, -0.05) is 180 Å². The van der Waals surface area contributed by atoms with Crippen LogP contribution in [-0.4, -0.2) is 70.0 Å². The first-order valence-electron chi connectivity index (χ1n) is 25.9. The second kappa shape index (κ2) is 48.2.